The summed E-state index contributed by atoms with van der Waals surface area (Å²) in [6.07, 6.45) is -3.00. The van der Waals surface area contributed by atoms with Crippen LogP contribution in [0.3, 0.4) is 0 Å². The number of benzene rings is 1. The van der Waals surface area contributed by atoms with Gasteiger partial charge in [-0.15, -0.1) is 13.2 Å². The van der Waals surface area contributed by atoms with Gasteiger partial charge < -0.3 is 25.4 Å². The van der Waals surface area contributed by atoms with Crippen molar-refractivity contribution in [1.82, 2.24) is 10.2 Å². The van der Waals surface area contributed by atoms with Gasteiger partial charge in [0.1, 0.15) is 5.75 Å². The molecule has 7 nitrogen and oxygen atoms in total. The van der Waals surface area contributed by atoms with Gasteiger partial charge in [0, 0.05) is 25.0 Å². The minimum Gasteiger partial charge on any atom is -0.450 e. The van der Waals surface area contributed by atoms with Gasteiger partial charge in [-0.2, -0.15) is 0 Å². The highest BCUT2D eigenvalue weighted by Gasteiger charge is 2.42. The molecule has 0 radical (unpaired) electrons. The summed E-state index contributed by atoms with van der Waals surface area (Å²) in [6, 6.07) is 6.01. The topological polar surface area (TPSA) is 89.2 Å². The zero-order chi connectivity index (χ0) is 21.0. The first kappa shape index (κ1) is 21.1. The summed E-state index contributed by atoms with van der Waals surface area (Å²) in [5.41, 5.74) is 6.47. The van der Waals surface area contributed by atoms with Crippen molar-refractivity contribution in [1.29, 1.82) is 0 Å². The van der Waals surface area contributed by atoms with Crippen LogP contribution in [-0.4, -0.2) is 55.1 Å². The lowest BCUT2D eigenvalue weighted by atomic mass is 10.1. The van der Waals surface area contributed by atoms with Crippen molar-refractivity contribution in [2.24, 2.45) is 10.7 Å². The minimum absolute atomic E-state index is 0.0856. The van der Waals surface area contributed by atoms with Crippen LogP contribution in [0.2, 0.25) is 0 Å². The summed E-state index contributed by atoms with van der Waals surface area (Å²) >= 11 is 0. The number of likely N-dealkylation sites (tertiary alicyclic amines) is 1. The van der Waals surface area contributed by atoms with E-state index in [-0.39, 0.29) is 35.8 Å². The third-order valence-corrected chi connectivity index (χ3v) is 4.98. The number of hydrogen-bond donors (Lipinski definition) is 2. The number of nitrogens with zero attached hydrogens (tertiary/aromatic N) is 2. The van der Waals surface area contributed by atoms with Gasteiger partial charge in [-0.25, -0.2) is 9.79 Å². The maximum Gasteiger partial charge on any atom is 0.573 e. The smallest absolute Gasteiger partial charge is 0.450 e. The predicted octanol–water partition coefficient (Wildman–Crippen LogP) is 2.97. The van der Waals surface area contributed by atoms with Gasteiger partial charge in [-0.3, -0.25) is 0 Å². The molecule has 0 aromatic heterocycles. The van der Waals surface area contributed by atoms with E-state index in [1.807, 2.05) is 0 Å². The molecule has 0 bridgehead atoms. The Morgan fingerprint density at radius 1 is 1.31 bits per heavy atom. The number of alkyl halides is 3. The fourth-order valence-corrected chi connectivity index (χ4v) is 3.51. The van der Waals surface area contributed by atoms with Gasteiger partial charge in [0.2, 0.25) is 0 Å². The second kappa shape index (κ2) is 8.79. The fourth-order valence-electron chi connectivity index (χ4n) is 3.51. The fraction of sp³-hybridized carbons (Fsp3) is 0.579. The molecule has 2 atom stereocenters. The maximum atomic E-state index is 12.6. The number of aliphatic imine (C=N–C) groups is 1. The Bertz CT molecular complexity index is 748. The van der Waals surface area contributed by atoms with E-state index in [0.29, 0.717) is 44.5 Å². The number of ether oxygens (including phenoxy) is 2. The molecule has 2 unspecified atom stereocenters. The first-order chi connectivity index (χ1) is 13.8. The number of carbonyl (C=O) groups excluding carboxylic acids is 1. The molecule has 1 aromatic carbocycles. The van der Waals surface area contributed by atoms with Crippen LogP contribution in [0.15, 0.2) is 29.3 Å². The Balaban J connectivity index is 1.51. The van der Waals surface area contributed by atoms with E-state index >= 15 is 0 Å². The molecule has 3 rings (SSSR count). The summed E-state index contributed by atoms with van der Waals surface area (Å²) in [7, 11) is 0. The number of halogens is 3. The Hall–Kier alpha value is -2.65. The second-order valence-electron chi connectivity index (χ2n) is 7.11. The molecule has 2 fully saturated rings. The number of rotatable bonds is 5. The van der Waals surface area contributed by atoms with Crippen LogP contribution in [0.4, 0.5) is 18.0 Å². The summed E-state index contributed by atoms with van der Waals surface area (Å²) in [6.45, 7) is 3.24. The van der Waals surface area contributed by atoms with E-state index in [4.69, 9.17) is 10.5 Å². The van der Waals surface area contributed by atoms with Crippen LogP contribution in [0.1, 0.15) is 37.7 Å². The van der Waals surface area contributed by atoms with Crippen LogP contribution < -0.4 is 15.8 Å². The van der Waals surface area contributed by atoms with Crippen LogP contribution >= 0.6 is 0 Å². The SMILES string of the molecule is CCOC(=O)N1CCC(NC(N)=NC2CC2c2ccccc2OC(F)(F)F)CC1. The zero-order valence-electron chi connectivity index (χ0n) is 16.1. The largest absolute Gasteiger partial charge is 0.573 e. The lowest BCUT2D eigenvalue weighted by Crippen LogP contribution is -2.48. The highest BCUT2D eigenvalue weighted by atomic mass is 19.4. The van der Waals surface area contributed by atoms with Gasteiger partial charge in [0.25, 0.3) is 0 Å². The van der Waals surface area contributed by atoms with Crippen molar-refractivity contribution in [2.75, 3.05) is 19.7 Å². The van der Waals surface area contributed by atoms with Crippen molar-refractivity contribution < 1.29 is 27.4 Å². The van der Waals surface area contributed by atoms with E-state index in [1.54, 1.807) is 24.0 Å². The van der Waals surface area contributed by atoms with E-state index in [0.717, 1.165) is 0 Å². The number of amides is 1. The summed E-state index contributed by atoms with van der Waals surface area (Å²) in [4.78, 5) is 17.8. The molecule has 1 aliphatic heterocycles. The van der Waals surface area contributed by atoms with Crippen molar-refractivity contribution in [3.8, 4) is 5.75 Å². The van der Waals surface area contributed by atoms with Gasteiger partial charge in [0.15, 0.2) is 5.96 Å². The molecule has 10 heteroatoms. The number of piperidine rings is 1. The predicted molar refractivity (Wildman–Crippen MR) is 101 cm³/mol. The number of nitrogens with two attached hydrogens (primary N) is 1. The molecule has 3 N–H and O–H groups in total. The Morgan fingerprint density at radius 3 is 2.66 bits per heavy atom. The number of nitrogens with one attached hydrogen (secondary N) is 1. The van der Waals surface area contributed by atoms with Crippen LogP contribution in [0.25, 0.3) is 0 Å². The van der Waals surface area contributed by atoms with E-state index in [1.165, 1.54) is 12.1 Å². The summed E-state index contributed by atoms with van der Waals surface area (Å²) < 4.78 is 46.9. The summed E-state index contributed by atoms with van der Waals surface area (Å²) in [5, 5.41) is 3.14. The molecule has 1 amide bonds. The van der Waals surface area contributed by atoms with Crippen molar-refractivity contribution in [2.45, 2.75) is 50.6 Å². The number of guanidine groups is 1. The van der Waals surface area contributed by atoms with E-state index < -0.39 is 6.36 Å². The standard InChI is InChI=1S/C19H25F3N4O3/c1-2-28-18(27)26-9-7-12(8-10-26)24-17(23)25-15-11-14(15)13-5-3-4-6-16(13)29-19(20,21)22/h3-6,12,14-15H,2,7-11H2,1H3,(H3,23,24,25). The number of carbonyl (C=O) groups is 1. The van der Waals surface area contributed by atoms with Crippen LogP contribution in [-0.2, 0) is 4.74 Å². The van der Waals surface area contributed by atoms with Crippen molar-refractivity contribution in [3.05, 3.63) is 29.8 Å². The van der Waals surface area contributed by atoms with Crippen LogP contribution in [0, 0.1) is 0 Å². The van der Waals surface area contributed by atoms with E-state index in [9.17, 15) is 18.0 Å². The van der Waals surface area contributed by atoms with Crippen LogP contribution in [0.5, 0.6) is 5.75 Å². The Labute approximate surface area is 167 Å². The average molecular weight is 414 g/mol. The molecule has 1 aromatic rings. The second-order valence-corrected chi connectivity index (χ2v) is 7.11. The minimum atomic E-state index is -4.73. The zero-order valence-corrected chi connectivity index (χ0v) is 16.1. The highest BCUT2D eigenvalue weighted by molar-refractivity contribution is 5.78. The van der Waals surface area contributed by atoms with Gasteiger partial charge in [-0.05, 0) is 37.8 Å². The normalized spacial score (nSPS) is 22.9. The molecule has 1 heterocycles. The first-order valence-electron chi connectivity index (χ1n) is 9.63. The van der Waals surface area contributed by atoms with Gasteiger partial charge in [-0.1, -0.05) is 18.2 Å². The average Bonchev–Trinajstić information content (AvgIpc) is 3.40. The van der Waals surface area contributed by atoms with E-state index in [2.05, 4.69) is 15.0 Å². The van der Waals surface area contributed by atoms with Crippen molar-refractivity contribution >= 4 is 12.1 Å². The quantitative estimate of drug-likeness (QED) is 0.571. The monoisotopic (exact) mass is 414 g/mol. The summed E-state index contributed by atoms with van der Waals surface area (Å²) in [5.74, 6) is -0.0820. The van der Waals surface area contributed by atoms with Gasteiger partial charge >= 0.3 is 12.5 Å². The molecular formula is C19H25F3N4O3. The molecule has 29 heavy (non-hydrogen) atoms. The Morgan fingerprint density at radius 2 is 2.00 bits per heavy atom. The maximum absolute atomic E-state index is 12.6. The lowest BCUT2D eigenvalue weighted by Gasteiger charge is -2.31. The van der Waals surface area contributed by atoms with Crippen molar-refractivity contribution in [3.63, 3.8) is 0 Å². The van der Waals surface area contributed by atoms with Gasteiger partial charge in [0.05, 0.1) is 12.6 Å². The third kappa shape index (κ3) is 5.91. The molecule has 1 aliphatic carbocycles. The molecule has 0 spiro atoms. The molecular weight excluding hydrogens is 389 g/mol. The molecule has 2 aliphatic rings. The Kier molecular flexibility index (Phi) is 6.39. The molecule has 1 saturated carbocycles. The number of hydrogen-bond acceptors (Lipinski definition) is 4. The molecule has 1 saturated heterocycles. The third-order valence-electron chi connectivity index (χ3n) is 4.98. The number of para-hydroxylation sites is 1. The highest BCUT2D eigenvalue weighted by Crippen LogP contribution is 2.47. The first-order valence-corrected chi connectivity index (χ1v) is 9.63. The molecule has 160 valence electrons. The lowest BCUT2D eigenvalue weighted by molar-refractivity contribution is -0.274.